The molecular weight excluding hydrogens is 214 g/mol. The van der Waals surface area contributed by atoms with Crippen molar-refractivity contribution in [2.75, 3.05) is 18.9 Å². The van der Waals surface area contributed by atoms with E-state index in [1.54, 1.807) is 6.07 Å². The molecule has 82 valence electrons. The molecule has 0 aliphatic carbocycles. The molecule has 1 unspecified atom stereocenters. The summed E-state index contributed by atoms with van der Waals surface area (Å²) in [5.74, 6) is 0. The van der Waals surface area contributed by atoms with Crippen molar-refractivity contribution in [1.82, 2.24) is 0 Å². The van der Waals surface area contributed by atoms with Crippen LogP contribution in [0.3, 0.4) is 0 Å². The third-order valence-corrected chi connectivity index (χ3v) is 2.79. The van der Waals surface area contributed by atoms with Gasteiger partial charge < -0.3 is 15.2 Å². The fourth-order valence-electron chi connectivity index (χ4n) is 1.53. The lowest BCUT2D eigenvalue weighted by atomic mass is 10.2. The second kappa shape index (κ2) is 4.84. The van der Waals surface area contributed by atoms with Crippen LogP contribution in [-0.2, 0) is 16.1 Å². The van der Waals surface area contributed by atoms with E-state index in [1.807, 2.05) is 12.1 Å². The van der Waals surface area contributed by atoms with Crippen molar-refractivity contribution in [2.24, 2.45) is 0 Å². The van der Waals surface area contributed by atoms with Gasteiger partial charge in [-0.15, -0.1) is 0 Å². The summed E-state index contributed by atoms with van der Waals surface area (Å²) in [6.07, 6.45) is 1.17. The lowest BCUT2D eigenvalue weighted by molar-refractivity contribution is 0.0318. The molecule has 1 heterocycles. The zero-order chi connectivity index (χ0) is 10.7. The van der Waals surface area contributed by atoms with E-state index in [2.05, 4.69) is 0 Å². The molecule has 0 bridgehead atoms. The van der Waals surface area contributed by atoms with E-state index in [9.17, 15) is 0 Å². The lowest BCUT2D eigenvalue weighted by Gasteiger charge is -2.11. The van der Waals surface area contributed by atoms with Crippen molar-refractivity contribution in [2.45, 2.75) is 19.1 Å². The number of hydrogen-bond donors (Lipinski definition) is 1. The van der Waals surface area contributed by atoms with Crippen molar-refractivity contribution in [3.8, 4) is 0 Å². The van der Waals surface area contributed by atoms with E-state index in [-0.39, 0.29) is 6.10 Å². The Balaban J connectivity index is 1.92. The standard InChI is InChI=1S/C11H14ClNO2/c12-11-5-9(13)2-1-8(11)6-15-10-3-4-14-7-10/h1-2,5,10H,3-4,6-7,13H2. The molecule has 1 atom stereocenters. The maximum atomic E-state index is 6.02. The summed E-state index contributed by atoms with van der Waals surface area (Å²) in [6, 6.07) is 5.47. The second-order valence-electron chi connectivity index (χ2n) is 3.65. The monoisotopic (exact) mass is 227 g/mol. The summed E-state index contributed by atoms with van der Waals surface area (Å²) in [5, 5.41) is 0.661. The molecule has 2 N–H and O–H groups in total. The molecular formula is C11H14ClNO2. The number of halogens is 1. The van der Waals surface area contributed by atoms with Crippen LogP contribution in [0.15, 0.2) is 18.2 Å². The maximum absolute atomic E-state index is 6.02. The van der Waals surface area contributed by atoms with Crippen LogP contribution in [0, 0.1) is 0 Å². The maximum Gasteiger partial charge on any atom is 0.0835 e. The first-order valence-corrected chi connectivity index (χ1v) is 5.37. The molecule has 0 spiro atoms. The largest absolute Gasteiger partial charge is 0.399 e. The van der Waals surface area contributed by atoms with Crippen molar-refractivity contribution >= 4 is 17.3 Å². The van der Waals surface area contributed by atoms with Gasteiger partial charge in [0.2, 0.25) is 0 Å². The molecule has 1 aliphatic heterocycles. The highest BCUT2D eigenvalue weighted by atomic mass is 35.5. The van der Waals surface area contributed by atoms with E-state index < -0.39 is 0 Å². The fourth-order valence-corrected chi connectivity index (χ4v) is 1.78. The molecule has 1 aromatic carbocycles. The molecule has 0 saturated carbocycles. The first-order chi connectivity index (χ1) is 7.25. The minimum Gasteiger partial charge on any atom is -0.399 e. The number of nitrogen functional groups attached to an aromatic ring is 1. The number of hydrogen-bond acceptors (Lipinski definition) is 3. The Hall–Kier alpha value is -0.770. The lowest BCUT2D eigenvalue weighted by Crippen LogP contribution is -2.12. The van der Waals surface area contributed by atoms with Crippen molar-refractivity contribution < 1.29 is 9.47 Å². The number of anilines is 1. The Kier molecular flexibility index (Phi) is 3.46. The van der Waals surface area contributed by atoms with Gasteiger partial charge in [0.05, 0.1) is 19.3 Å². The fraction of sp³-hybridized carbons (Fsp3) is 0.455. The average Bonchev–Trinajstić information content (AvgIpc) is 2.69. The zero-order valence-corrected chi connectivity index (χ0v) is 9.17. The van der Waals surface area contributed by atoms with Gasteiger partial charge >= 0.3 is 0 Å². The van der Waals surface area contributed by atoms with Crippen LogP contribution in [0.1, 0.15) is 12.0 Å². The summed E-state index contributed by atoms with van der Waals surface area (Å²) in [6.45, 7) is 2.00. The van der Waals surface area contributed by atoms with Crippen LogP contribution in [0.2, 0.25) is 5.02 Å². The van der Waals surface area contributed by atoms with Crippen molar-refractivity contribution in [3.63, 3.8) is 0 Å². The predicted molar refractivity (Wildman–Crippen MR) is 59.9 cm³/mol. The molecule has 2 rings (SSSR count). The molecule has 3 nitrogen and oxygen atoms in total. The minimum atomic E-state index is 0.207. The molecule has 4 heteroatoms. The van der Waals surface area contributed by atoms with Gasteiger partial charge in [-0.2, -0.15) is 0 Å². The van der Waals surface area contributed by atoms with Gasteiger partial charge in [0.15, 0.2) is 0 Å². The van der Waals surface area contributed by atoms with Gasteiger partial charge in [0.1, 0.15) is 0 Å². The third kappa shape index (κ3) is 2.84. The van der Waals surface area contributed by atoms with Crippen molar-refractivity contribution in [1.29, 1.82) is 0 Å². The van der Waals surface area contributed by atoms with Gasteiger partial charge in [-0.05, 0) is 24.1 Å². The van der Waals surface area contributed by atoms with Crippen LogP contribution in [-0.4, -0.2) is 19.3 Å². The SMILES string of the molecule is Nc1ccc(COC2CCOC2)c(Cl)c1. The number of ether oxygens (including phenoxy) is 2. The summed E-state index contributed by atoms with van der Waals surface area (Å²) >= 11 is 6.02. The molecule has 0 aromatic heterocycles. The van der Waals surface area contributed by atoms with Gasteiger partial charge in [-0.1, -0.05) is 17.7 Å². The first kappa shape index (κ1) is 10.7. The predicted octanol–water partition coefficient (Wildman–Crippen LogP) is 2.23. The summed E-state index contributed by atoms with van der Waals surface area (Å²) in [7, 11) is 0. The first-order valence-electron chi connectivity index (χ1n) is 4.99. The minimum absolute atomic E-state index is 0.207. The molecule has 0 amide bonds. The zero-order valence-electron chi connectivity index (χ0n) is 8.41. The highest BCUT2D eigenvalue weighted by Crippen LogP contribution is 2.21. The van der Waals surface area contributed by atoms with Crippen LogP contribution in [0.25, 0.3) is 0 Å². The number of nitrogens with two attached hydrogens (primary N) is 1. The third-order valence-electron chi connectivity index (χ3n) is 2.44. The molecule has 15 heavy (non-hydrogen) atoms. The Bertz CT molecular complexity index is 337. The van der Waals surface area contributed by atoms with Crippen molar-refractivity contribution in [3.05, 3.63) is 28.8 Å². The van der Waals surface area contributed by atoms with E-state index in [4.69, 9.17) is 26.8 Å². The molecule has 0 radical (unpaired) electrons. The highest BCUT2D eigenvalue weighted by Gasteiger charge is 2.16. The topological polar surface area (TPSA) is 44.5 Å². The Morgan fingerprint density at radius 3 is 3.07 bits per heavy atom. The smallest absolute Gasteiger partial charge is 0.0835 e. The van der Waals surface area contributed by atoms with Gasteiger partial charge in [0.25, 0.3) is 0 Å². The molecule has 1 saturated heterocycles. The van der Waals surface area contributed by atoms with Crippen LogP contribution < -0.4 is 5.73 Å². The molecule has 1 fully saturated rings. The second-order valence-corrected chi connectivity index (χ2v) is 4.05. The summed E-state index contributed by atoms with van der Waals surface area (Å²) in [4.78, 5) is 0. The quantitative estimate of drug-likeness (QED) is 0.806. The van der Waals surface area contributed by atoms with Gasteiger partial charge in [0, 0.05) is 17.3 Å². The molecule has 1 aromatic rings. The van der Waals surface area contributed by atoms with E-state index in [1.165, 1.54) is 0 Å². The summed E-state index contributed by atoms with van der Waals surface area (Å²) < 4.78 is 10.9. The van der Waals surface area contributed by atoms with Crippen LogP contribution >= 0.6 is 11.6 Å². The van der Waals surface area contributed by atoms with Gasteiger partial charge in [-0.3, -0.25) is 0 Å². The van der Waals surface area contributed by atoms with Crippen LogP contribution in [0.5, 0.6) is 0 Å². The van der Waals surface area contributed by atoms with E-state index >= 15 is 0 Å². The molecule has 1 aliphatic rings. The Morgan fingerprint density at radius 2 is 2.40 bits per heavy atom. The highest BCUT2D eigenvalue weighted by molar-refractivity contribution is 6.31. The van der Waals surface area contributed by atoms with E-state index in [0.717, 1.165) is 18.6 Å². The summed E-state index contributed by atoms with van der Waals surface area (Å²) in [5.41, 5.74) is 7.24. The van der Waals surface area contributed by atoms with E-state index in [0.29, 0.717) is 23.9 Å². The average molecular weight is 228 g/mol. The van der Waals surface area contributed by atoms with Crippen LogP contribution in [0.4, 0.5) is 5.69 Å². The normalized spacial score (nSPS) is 20.7. The Morgan fingerprint density at radius 1 is 1.53 bits per heavy atom. The van der Waals surface area contributed by atoms with Gasteiger partial charge in [-0.25, -0.2) is 0 Å². The number of rotatable bonds is 3. The Labute approximate surface area is 94.1 Å². The number of benzene rings is 1.